The highest BCUT2D eigenvalue weighted by atomic mass is 32.2. The lowest BCUT2D eigenvalue weighted by atomic mass is 10.00. The van der Waals surface area contributed by atoms with Crippen molar-refractivity contribution in [3.8, 4) is 0 Å². The maximum atomic E-state index is 11.7. The van der Waals surface area contributed by atoms with Crippen molar-refractivity contribution >= 4 is 25.5 Å². The van der Waals surface area contributed by atoms with Crippen LogP contribution in [-0.4, -0.2) is 39.5 Å². The van der Waals surface area contributed by atoms with Gasteiger partial charge in [0.05, 0.1) is 6.61 Å². The Morgan fingerprint density at radius 3 is 2.15 bits per heavy atom. The second kappa shape index (κ2) is 9.34. The molecule has 0 aliphatic carbocycles. The van der Waals surface area contributed by atoms with Crippen molar-refractivity contribution in [2.24, 2.45) is 5.41 Å². The number of hydrogen-bond acceptors (Lipinski definition) is 6. The second-order valence-electron chi connectivity index (χ2n) is 6.09. The van der Waals surface area contributed by atoms with Crippen molar-refractivity contribution in [3.63, 3.8) is 0 Å². The third kappa shape index (κ3) is 8.55. The zero-order valence-corrected chi connectivity index (χ0v) is 15.3. The number of nitrogens with zero attached hydrogens (tertiary/aromatic N) is 1. The predicted molar refractivity (Wildman–Crippen MR) is 85.2 cm³/mol. The van der Waals surface area contributed by atoms with E-state index in [0.29, 0.717) is 12.4 Å². The Morgan fingerprint density at radius 2 is 1.75 bits per heavy atom. The third-order valence-corrected chi connectivity index (χ3v) is 4.29. The van der Waals surface area contributed by atoms with Crippen LogP contribution in [0.1, 0.15) is 48.5 Å². The van der Waals surface area contributed by atoms with Gasteiger partial charge in [0.15, 0.2) is 5.12 Å². The Labute approximate surface area is 128 Å². The molecule has 0 saturated heterocycles. The first kappa shape index (κ1) is 20.3. The largest absolute Gasteiger partial charge is 0.348 e. The molecule has 0 heterocycles. The molecular formula is C13H28NO4PS. The van der Waals surface area contributed by atoms with Crippen LogP contribution < -0.4 is 0 Å². The van der Waals surface area contributed by atoms with Crippen molar-refractivity contribution in [1.82, 2.24) is 5.06 Å². The van der Waals surface area contributed by atoms with Crippen LogP contribution in [-0.2, 0) is 13.9 Å². The van der Waals surface area contributed by atoms with E-state index in [4.69, 9.17) is 9.15 Å². The Kier molecular flexibility index (Phi) is 9.47. The third-order valence-electron chi connectivity index (χ3n) is 2.31. The average molecular weight is 325 g/mol. The van der Waals surface area contributed by atoms with Gasteiger partial charge in [0, 0.05) is 23.3 Å². The van der Waals surface area contributed by atoms with Crippen LogP contribution in [0.2, 0.25) is 0 Å². The van der Waals surface area contributed by atoms with Crippen LogP contribution in [0, 0.1) is 5.41 Å². The van der Waals surface area contributed by atoms with Crippen LogP contribution in [0.5, 0.6) is 0 Å². The van der Waals surface area contributed by atoms with E-state index in [0.717, 1.165) is 0 Å². The zero-order chi connectivity index (χ0) is 15.9. The minimum Gasteiger partial charge on any atom is -0.327 e. The Balaban J connectivity index is 3.94. The summed E-state index contributed by atoms with van der Waals surface area (Å²) < 4.78 is 10.6. The smallest absolute Gasteiger partial charge is 0.327 e. The summed E-state index contributed by atoms with van der Waals surface area (Å²) in [6.07, 6.45) is 0. The first-order chi connectivity index (χ1) is 9.05. The molecule has 0 aromatic heterocycles. The molecule has 5 nitrogen and oxygen atoms in total. The van der Waals surface area contributed by atoms with Crippen LogP contribution in [0.3, 0.4) is 0 Å². The minimum atomic E-state index is -1.94. The van der Waals surface area contributed by atoms with Crippen molar-refractivity contribution < 1.29 is 18.8 Å². The second-order valence-corrected chi connectivity index (χ2v) is 8.05. The summed E-state index contributed by atoms with van der Waals surface area (Å²) in [6, 6.07) is 0.320. The van der Waals surface area contributed by atoms with E-state index in [1.807, 2.05) is 48.5 Å². The Morgan fingerprint density at radius 1 is 1.25 bits per heavy atom. The molecule has 20 heavy (non-hydrogen) atoms. The van der Waals surface area contributed by atoms with E-state index in [1.165, 1.54) is 11.8 Å². The summed E-state index contributed by atoms with van der Waals surface area (Å²) in [5, 5.41) is 1.83. The van der Waals surface area contributed by atoms with Gasteiger partial charge in [-0.3, -0.25) is 4.79 Å². The zero-order valence-electron chi connectivity index (χ0n) is 13.5. The lowest BCUT2D eigenvalue weighted by Gasteiger charge is -2.29. The van der Waals surface area contributed by atoms with Gasteiger partial charge < -0.3 is 9.42 Å². The lowest BCUT2D eigenvalue weighted by molar-refractivity contribution is -0.121. The van der Waals surface area contributed by atoms with E-state index in [-0.39, 0.29) is 22.6 Å². The number of rotatable bonds is 8. The summed E-state index contributed by atoms with van der Waals surface area (Å²) in [4.78, 5) is 21.4. The molecule has 0 bridgehead atoms. The maximum absolute atomic E-state index is 11.7. The molecule has 1 unspecified atom stereocenters. The fourth-order valence-electron chi connectivity index (χ4n) is 1.36. The summed E-state index contributed by atoms with van der Waals surface area (Å²) in [6.45, 7) is 13.9. The standard InChI is InChI=1S/C13H28NO4PS/c1-10(2)14(11(3)4)18-19(16)17-8-9-20-12(15)13(5,6)7/h10-11,16H,8-9H2,1-7H3. The lowest BCUT2D eigenvalue weighted by Crippen LogP contribution is -2.35. The summed E-state index contributed by atoms with van der Waals surface area (Å²) in [5.41, 5.74) is -0.350. The summed E-state index contributed by atoms with van der Waals surface area (Å²) in [5.74, 6) is 0.516. The van der Waals surface area contributed by atoms with E-state index in [1.54, 1.807) is 5.06 Å². The molecule has 7 heteroatoms. The molecule has 0 radical (unpaired) electrons. The molecule has 0 saturated carbocycles. The van der Waals surface area contributed by atoms with Gasteiger partial charge in [-0.25, -0.2) is 4.62 Å². The van der Waals surface area contributed by atoms with Gasteiger partial charge in [0.1, 0.15) is 0 Å². The van der Waals surface area contributed by atoms with E-state index >= 15 is 0 Å². The van der Waals surface area contributed by atoms with Gasteiger partial charge in [-0.05, 0) is 27.7 Å². The minimum absolute atomic E-state index is 0.121. The molecule has 0 aromatic carbocycles. The number of carbonyl (C=O) groups is 1. The molecule has 120 valence electrons. The van der Waals surface area contributed by atoms with Crippen molar-refractivity contribution in [2.45, 2.75) is 60.5 Å². The van der Waals surface area contributed by atoms with Crippen molar-refractivity contribution in [1.29, 1.82) is 0 Å². The van der Waals surface area contributed by atoms with Crippen LogP contribution in [0.15, 0.2) is 0 Å². The molecule has 0 aliphatic heterocycles. The maximum Gasteiger partial charge on any atom is 0.348 e. The number of hydrogen-bond donors (Lipinski definition) is 1. The quantitative estimate of drug-likeness (QED) is 0.418. The fourth-order valence-corrected chi connectivity index (χ4v) is 3.10. The van der Waals surface area contributed by atoms with Gasteiger partial charge in [-0.2, -0.15) is 5.06 Å². The van der Waals surface area contributed by atoms with E-state index in [9.17, 15) is 9.69 Å². The molecule has 0 aliphatic rings. The van der Waals surface area contributed by atoms with Crippen molar-refractivity contribution in [2.75, 3.05) is 12.4 Å². The monoisotopic (exact) mass is 325 g/mol. The highest BCUT2D eigenvalue weighted by Crippen LogP contribution is 2.36. The highest BCUT2D eigenvalue weighted by molar-refractivity contribution is 8.13. The van der Waals surface area contributed by atoms with E-state index < -0.39 is 8.60 Å². The number of thioether (sulfide) groups is 1. The molecule has 0 aromatic rings. The molecule has 1 N–H and O–H groups in total. The van der Waals surface area contributed by atoms with Crippen LogP contribution >= 0.6 is 20.4 Å². The summed E-state index contributed by atoms with van der Waals surface area (Å²) >= 11 is 1.22. The van der Waals surface area contributed by atoms with Gasteiger partial charge >= 0.3 is 8.60 Å². The first-order valence-corrected chi connectivity index (χ1v) is 8.93. The fraction of sp³-hybridized carbons (Fsp3) is 0.923. The normalized spacial score (nSPS) is 14.3. The SMILES string of the molecule is CC(C)N(OP(O)OCCSC(=O)C(C)(C)C)C(C)C. The van der Waals surface area contributed by atoms with Gasteiger partial charge in [0.25, 0.3) is 0 Å². The van der Waals surface area contributed by atoms with Gasteiger partial charge in [0.2, 0.25) is 0 Å². The number of hydroxylamine groups is 2. The molecule has 0 fully saturated rings. The van der Waals surface area contributed by atoms with Crippen LogP contribution in [0.4, 0.5) is 0 Å². The average Bonchev–Trinajstić information content (AvgIpc) is 2.29. The van der Waals surface area contributed by atoms with Gasteiger partial charge in [-0.15, -0.1) is 0 Å². The van der Waals surface area contributed by atoms with Crippen LogP contribution in [0.25, 0.3) is 0 Å². The topological polar surface area (TPSA) is 59.0 Å². The number of carbonyl (C=O) groups excluding carboxylic acids is 1. The Hall–Kier alpha value is 0.290. The molecule has 0 spiro atoms. The molecular weight excluding hydrogens is 297 g/mol. The van der Waals surface area contributed by atoms with E-state index in [2.05, 4.69) is 0 Å². The Bertz CT molecular complexity index is 287. The highest BCUT2D eigenvalue weighted by Gasteiger charge is 2.22. The molecule has 1 atom stereocenters. The predicted octanol–water partition coefficient (Wildman–Crippen LogP) is 3.58. The summed E-state index contributed by atoms with van der Waals surface area (Å²) in [7, 11) is -1.94. The molecule has 0 amide bonds. The van der Waals surface area contributed by atoms with Crippen molar-refractivity contribution in [3.05, 3.63) is 0 Å². The first-order valence-electron chi connectivity index (χ1n) is 6.81. The molecule has 0 rings (SSSR count). The van der Waals surface area contributed by atoms with Gasteiger partial charge in [-0.1, -0.05) is 32.5 Å².